The van der Waals surface area contributed by atoms with Crippen molar-refractivity contribution in [3.8, 4) is 5.75 Å². The summed E-state index contributed by atoms with van der Waals surface area (Å²) in [5, 5.41) is 11.3. The van der Waals surface area contributed by atoms with E-state index >= 15 is 0 Å². The highest BCUT2D eigenvalue weighted by molar-refractivity contribution is 9.10. The van der Waals surface area contributed by atoms with E-state index < -0.39 is 17.7 Å². The maximum atomic E-state index is 13.2. The highest BCUT2D eigenvalue weighted by Crippen LogP contribution is 2.41. The minimum absolute atomic E-state index is 0.0697. The van der Waals surface area contributed by atoms with Crippen LogP contribution in [0.5, 0.6) is 5.75 Å². The zero-order valence-corrected chi connectivity index (χ0v) is 21.3. The molecule has 0 bridgehead atoms. The molecule has 0 radical (unpaired) electrons. The van der Waals surface area contributed by atoms with Gasteiger partial charge in [-0.3, -0.25) is 14.6 Å². The van der Waals surface area contributed by atoms with Crippen molar-refractivity contribution in [1.82, 2.24) is 9.88 Å². The van der Waals surface area contributed by atoms with Crippen LogP contribution in [0.25, 0.3) is 5.76 Å². The lowest BCUT2D eigenvalue weighted by Gasteiger charge is -2.25. The van der Waals surface area contributed by atoms with E-state index in [4.69, 9.17) is 4.74 Å². The number of halogens is 1. The first-order valence-electron chi connectivity index (χ1n) is 11.6. The standard InChI is InChI=1S/C28H27BrN2O4/c1-3-4-14-35-23-12-9-21(15-18(23)2)26(32)24-25(20-7-10-22(29)11-8-20)31(28(34)27(24)33)17-19-6-5-13-30-16-19/h5-13,15-16,25,32H,3-4,14,17H2,1-2H3/b26-24+/t25-/m1/s1. The van der Waals surface area contributed by atoms with E-state index in [9.17, 15) is 14.7 Å². The van der Waals surface area contributed by atoms with Gasteiger partial charge in [0.25, 0.3) is 11.7 Å². The predicted molar refractivity (Wildman–Crippen MR) is 138 cm³/mol. The van der Waals surface area contributed by atoms with Crippen LogP contribution in [0.4, 0.5) is 0 Å². The van der Waals surface area contributed by atoms with Crippen LogP contribution in [-0.4, -0.2) is 33.3 Å². The zero-order chi connectivity index (χ0) is 24.9. The summed E-state index contributed by atoms with van der Waals surface area (Å²) in [5.41, 5.74) is 2.90. The third-order valence-corrected chi connectivity index (χ3v) is 6.53. The molecule has 0 saturated carbocycles. The van der Waals surface area contributed by atoms with Crippen molar-refractivity contribution in [3.63, 3.8) is 0 Å². The Balaban J connectivity index is 1.77. The van der Waals surface area contributed by atoms with Crippen molar-refractivity contribution in [2.75, 3.05) is 6.61 Å². The quantitative estimate of drug-likeness (QED) is 0.167. The number of hydrogen-bond donors (Lipinski definition) is 1. The number of Topliss-reactive ketones (excluding diaryl/α,β-unsaturated/α-hetero) is 1. The molecule has 0 aliphatic carbocycles. The third kappa shape index (κ3) is 5.30. The van der Waals surface area contributed by atoms with Crippen LogP contribution < -0.4 is 4.74 Å². The number of pyridine rings is 1. The molecule has 3 aromatic rings. The van der Waals surface area contributed by atoms with Gasteiger partial charge in [0.1, 0.15) is 11.5 Å². The number of amides is 1. The lowest BCUT2D eigenvalue weighted by Crippen LogP contribution is -2.29. The van der Waals surface area contributed by atoms with Gasteiger partial charge in [0.2, 0.25) is 0 Å². The molecule has 0 spiro atoms. The van der Waals surface area contributed by atoms with Gasteiger partial charge in [0.05, 0.1) is 18.2 Å². The number of hydrogen-bond acceptors (Lipinski definition) is 5. The molecule has 1 aliphatic heterocycles. The fourth-order valence-corrected chi connectivity index (χ4v) is 4.43. The molecule has 1 atom stereocenters. The molecular formula is C28H27BrN2O4. The fourth-order valence-electron chi connectivity index (χ4n) is 4.16. The van der Waals surface area contributed by atoms with Crippen LogP contribution in [0.15, 0.2) is 77.0 Å². The van der Waals surface area contributed by atoms with Crippen molar-refractivity contribution in [2.24, 2.45) is 0 Å². The Morgan fingerprint density at radius 1 is 1.14 bits per heavy atom. The molecule has 35 heavy (non-hydrogen) atoms. The van der Waals surface area contributed by atoms with Gasteiger partial charge in [-0.05, 0) is 66.4 Å². The fraction of sp³-hybridized carbons (Fsp3) is 0.250. The third-order valence-electron chi connectivity index (χ3n) is 6.01. The van der Waals surface area contributed by atoms with Crippen molar-refractivity contribution in [2.45, 2.75) is 39.3 Å². The van der Waals surface area contributed by atoms with Gasteiger partial charge in [-0.2, -0.15) is 0 Å². The smallest absolute Gasteiger partial charge is 0.295 e. The van der Waals surface area contributed by atoms with Crippen molar-refractivity contribution in [3.05, 3.63) is 99.3 Å². The number of aromatic nitrogens is 1. The minimum atomic E-state index is -0.732. The number of rotatable bonds is 8. The number of nitrogens with zero attached hydrogens (tertiary/aromatic N) is 2. The summed E-state index contributed by atoms with van der Waals surface area (Å²) in [6.45, 7) is 4.80. The molecule has 1 aliphatic rings. The lowest BCUT2D eigenvalue weighted by atomic mass is 9.94. The number of aliphatic hydroxyl groups is 1. The summed E-state index contributed by atoms with van der Waals surface area (Å²) in [5.74, 6) is -0.829. The molecule has 2 heterocycles. The number of ketones is 1. The molecule has 1 N–H and O–H groups in total. The maximum Gasteiger partial charge on any atom is 0.295 e. The van der Waals surface area contributed by atoms with E-state index in [2.05, 4.69) is 27.8 Å². The Hall–Kier alpha value is -3.45. The molecule has 7 heteroatoms. The van der Waals surface area contributed by atoms with Crippen molar-refractivity contribution >= 4 is 33.4 Å². The van der Waals surface area contributed by atoms with E-state index in [0.29, 0.717) is 12.2 Å². The number of likely N-dealkylation sites (tertiary alicyclic amines) is 1. The van der Waals surface area contributed by atoms with Gasteiger partial charge in [-0.15, -0.1) is 0 Å². The first-order chi connectivity index (χ1) is 16.9. The highest BCUT2D eigenvalue weighted by atomic mass is 79.9. The molecule has 0 unspecified atom stereocenters. The number of carbonyl (C=O) groups excluding carboxylic acids is 2. The first-order valence-corrected chi connectivity index (χ1v) is 12.4. The van der Waals surface area contributed by atoms with Gasteiger partial charge in [-0.1, -0.05) is 47.5 Å². The van der Waals surface area contributed by atoms with E-state index in [1.54, 1.807) is 36.7 Å². The molecule has 1 fully saturated rings. The lowest BCUT2D eigenvalue weighted by molar-refractivity contribution is -0.140. The molecule has 1 saturated heterocycles. The van der Waals surface area contributed by atoms with Crippen LogP contribution in [-0.2, 0) is 16.1 Å². The number of aryl methyl sites for hydroxylation is 1. The van der Waals surface area contributed by atoms with Crippen LogP contribution in [0, 0.1) is 6.92 Å². The van der Waals surface area contributed by atoms with Gasteiger partial charge >= 0.3 is 0 Å². The van der Waals surface area contributed by atoms with Crippen LogP contribution in [0.1, 0.15) is 48.1 Å². The summed E-state index contributed by atoms with van der Waals surface area (Å²) in [7, 11) is 0. The molecule has 2 aromatic carbocycles. The molecule has 4 rings (SSSR count). The number of benzene rings is 2. The number of carbonyl (C=O) groups is 2. The summed E-state index contributed by atoms with van der Waals surface area (Å²) >= 11 is 3.44. The molecule has 6 nitrogen and oxygen atoms in total. The second-order valence-electron chi connectivity index (χ2n) is 8.52. The van der Waals surface area contributed by atoms with E-state index in [0.717, 1.165) is 39.8 Å². The topological polar surface area (TPSA) is 79.7 Å². The molecule has 1 amide bonds. The van der Waals surface area contributed by atoms with Gasteiger partial charge in [0.15, 0.2) is 0 Å². The Labute approximate surface area is 213 Å². The molecular weight excluding hydrogens is 508 g/mol. The average Bonchev–Trinajstić information content (AvgIpc) is 3.10. The first kappa shape index (κ1) is 24.7. The predicted octanol–water partition coefficient (Wildman–Crippen LogP) is 5.95. The maximum absolute atomic E-state index is 13.2. The Morgan fingerprint density at radius 3 is 2.57 bits per heavy atom. The Morgan fingerprint density at radius 2 is 1.91 bits per heavy atom. The minimum Gasteiger partial charge on any atom is -0.507 e. The SMILES string of the molecule is CCCCOc1ccc(/C(O)=C2\C(=O)C(=O)N(Cc3cccnc3)[C@@H]2c2ccc(Br)cc2)cc1C. The normalized spacial score (nSPS) is 17.1. The molecule has 1 aromatic heterocycles. The zero-order valence-electron chi connectivity index (χ0n) is 19.7. The monoisotopic (exact) mass is 534 g/mol. The van der Waals surface area contributed by atoms with Crippen molar-refractivity contribution in [1.29, 1.82) is 0 Å². The van der Waals surface area contributed by atoms with Crippen LogP contribution >= 0.6 is 15.9 Å². The van der Waals surface area contributed by atoms with Crippen molar-refractivity contribution < 1.29 is 19.4 Å². The van der Waals surface area contributed by atoms with Gasteiger partial charge in [-0.25, -0.2) is 0 Å². The van der Waals surface area contributed by atoms with E-state index in [1.807, 2.05) is 37.3 Å². The molecule has 180 valence electrons. The summed E-state index contributed by atoms with van der Waals surface area (Å²) in [6.07, 6.45) is 5.31. The highest BCUT2D eigenvalue weighted by Gasteiger charge is 2.46. The number of aliphatic hydroxyl groups excluding tert-OH is 1. The number of unbranched alkanes of at least 4 members (excludes halogenated alkanes) is 1. The van der Waals surface area contributed by atoms with E-state index in [1.165, 1.54) is 4.90 Å². The largest absolute Gasteiger partial charge is 0.507 e. The van der Waals surface area contributed by atoms with Gasteiger partial charge in [0, 0.05) is 29.0 Å². The Bertz CT molecular complexity index is 1260. The summed E-state index contributed by atoms with van der Waals surface area (Å²) < 4.78 is 6.70. The average molecular weight is 535 g/mol. The van der Waals surface area contributed by atoms with E-state index in [-0.39, 0.29) is 17.9 Å². The second-order valence-corrected chi connectivity index (χ2v) is 9.44. The Kier molecular flexibility index (Phi) is 7.66. The van der Waals surface area contributed by atoms with Crippen LogP contribution in [0.2, 0.25) is 0 Å². The van der Waals surface area contributed by atoms with Gasteiger partial charge < -0.3 is 14.7 Å². The number of ether oxygens (including phenoxy) is 1. The second kappa shape index (κ2) is 10.9. The van der Waals surface area contributed by atoms with Crippen LogP contribution in [0.3, 0.4) is 0 Å². The summed E-state index contributed by atoms with van der Waals surface area (Å²) in [4.78, 5) is 32.0. The summed E-state index contributed by atoms with van der Waals surface area (Å²) in [6, 6.07) is 15.6.